The summed E-state index contributed by atoms with van der Waals surface area (Å²) in [6.07, 6.45) is 4.56. The van der Waals surface area contributed by atoms with Crippen LogP contribution in [0.5, 0.6) is 0 Å². The zero-order valence-corrected chi connectivity index (χ0v) is 11.7. The maximum absolute atomic E-state index is 11.8. The molecule has 0 fully saturated rings. The van der Waals surface area contributed by atoms with Gasteiger partial charge in [0.1, 0.15) is 0 Å². The van der Waals surface area contributed by atoms with Crippen molar-refractivity contribution < 1.29 is 9.59 Å². The molecule has 0 radical (unpaired) electrons. The molecule has 1 aromatic heterocycles. The van der Waals surface area contributed by atoms with Crippen LogP contribution in [0.25, 0.3) is 0 Å². The van der Waals surface area contributed by atoms with Gasteiger partial charge in [0.15, 0.2) is 5.78 Å². The number of ketones is 1. The van der Waals surface area contributed by atoms with Crippen LogP contribution in [0, 0.1) is 5.41 Å². The molecule has 102 valence electrons. The van der Waals surface area contributed by atoms with Crippen molar-refractivity contribution >= 4 is 11.7 Å². The summed E-state index contributed by atoms with van der Waals surface area (Å²) in [5, 5.41) is 0. The number of rotatable bonds is 4. The van der Waals surface area contributed by atoms with Crippen molar-refractivity contribution in [3.8, 4) is 0 Å². The third-order valence-corrected chi connectivity index (χ3v) is 2.40. The summed E-state index contributed by atoms with van der Waals surface area (Å²) in [7, 11) is 0. The lowest BCUT2D eigenvalue weighted by Gasteiger charge is -2.15. The molecule has 1 amide bonds. The first kappa shape index (κ1) is 14.9. The minimum atomic E-state index is -0.432. The van der Waals surface area contributed by atoms with Crippen molar-refractivity contribution in [2.75, 3.05) is 0 Å². The Balaban J connectivity index is 2.56. The molecule has 0 aliphatic carbocycles. The Kier molecular flexibility index (Phi) is 4.80. The van der Waals surface area contributed by atoms with Crippen LogP contribution in [0.3, 0.4) is 0 Å². The highest BCUT2D eigenvalue weighted by atomic mass is 16.2. The van der Waals surface area contributed by atoms with Crippen molar-refractivity contribution in [1.82, 2.24) is 15.8 Å². The largest absolute Gasteiger partial charge is 0.303 e. The standard InChI is InChI=1S/C14H19N3O2/c1-10(9-12(18)14(2,3)4)16-17-13(19)11-5-7-15-8-6-11/h5-9,16H,1-4H3,(H,17,19)/b10-9+. The number of nitrogens with zero attached hydrogens (tertiary/aromatic N) is 1. The fourth-order valence-electron chi connectivity index (χ4n) is 1.18. The Bertz CT molecular complexity index is 487. The molecule has 0 aliphatic rings. The molecule has 0 saturated carbocycles. The Labute approximate surface area is 113 Å². The minimum Gasteiger partial charge on any atom is -0.303 e. The topological polar surface area (TPSA) is 71.1 Å². The number of aromatic nitrogens is 1. The Morgan fingerprint density at radius 3 is 2.26 bits per heavy atom. The molecule has 1 aromatic rings. The third-order valence-electron chi connectivity index (χ3n) is 2.40. The highest BCUT2D eigenvalue weighted by molar-refractivity contribution is 5.95. The summed E-state index contributed by atoms with van der Waals surface area (Å²) in [6.45, 7) is 7.24. The molecule has 0 aliphatic heterocycles. The molecule has 5 heteroatoms. The van der Waals surface area contributed by atoms with E-state index in [0.29, 0.717) is 11.3 Å². The molecular weight excluding hydrogens is 242 g/mol. The summed E-state index contributed by atoms with van der Waals surface area (Å²) in [6, 6.07) is 3.22. The molecule has 0 aromatic carbocycles. The minimum absolute atomic E-state index is 0.00402. The van der Waals surface area contributed by atoms with Crippen LogP contribution >= 0.6 is 0 Å². The second kappa shape index (κ2) is 6.13. The van der Waals surface area contributed by atoms with Crippen molar-refractivity contribution in [3.05, 3.63) is 41.9 Å². The first-order chi connectivity index (χ1) is 8.80. The molecule has 0 unspecified atom stereocenters. The molecule has 0 bridgehead atoms. The molecule has 2 N–H and O–H groups in total. The molecule has 0 atom stereocenters. The van der Waals surface area contributed by atoms with E-state index in [1.54, 1.807) is 31.5 Å². The average Bonchev–Trinajstić information content (AvgIpc) is 2.35. The predicted octanol–water partition coefficient (Wildman–Crippen LogP) is 1.83. The van der Waals surface area contributed by atoms with Crippen LogP contribution in [0.15, 0.2) is 36.3 Å². The van der Waals surface area contributed by atoms with Crippen molar-refractivity contribution in [2.45, 2.75) is 27.7 Å². The number of hydrogen-bond acceptors (Lipinski definition) is 4. The van der Waals surface area contributed by atoms with Gasteiger partial charge in [0.05, 0.1) is 0 Å². The van der Waals surface area contributed by atoms with Gasteiger partial charge < -0.3 is 5.43 Å². The summed E-state index contributed by atoms with van der Waals surface area (Å²) < 4.78 is 0. The molecule has 1 heterocycles. The zero-order chi connectivity index (χ0) is 14.5. The van der Waals surface area contributed by atoms with E-state index >= 15 is 0 Å². The number of allylic oxidation sites excluding steroid dienone is 2. The third kappa shape index (κ3) is 4.91. The number of hydrazine groups is 1. The lowest BCUT2D eigenvalue weighted by Crippen LogP contribution is -2.36. The van der Waals surface area contributed by atoms with Crippen molar-refractivity contribution in [2.24, 2.45) is 5.41 Å². The lowest BCUT2D eigenvalue weighted by molar-refractivity contribution is -0.121. The summed E-state index contributed by atoms with van der Waals surface area (Å²) in [5.74, 6) is -0.283. The van der Waals surface area contributed by atoms with Crippen molar-refractivity contribution in [3.63, 3.8) is 0 Å². The van der Waals surface area contributed by atoms with Gasteiger partial charge in [0.25, 0.3) is 5.91 Å². The average molecular weight is 261 g/mol. The SMILES string of the molecule is C/C(=C\C(=O)C(C)(C)C)NNC(=O)c1ccncc1. The van der Waals surface area contributed by atoms with Crippen LogP contribution < -0.4 is 10.9 Å². The number of pyridine rings is 1. The van der Waals surface area contributed by atoms with Gasteiger partial charge in [-0.05, 0) is 19.1 Å². The molecule has 0 spiro atoms. The van der Waals surface area contributed by atoms with Crippen LogP contribution in [-0.2, 0) is 4.79 Å². The number of amides is 1. The lowest BCUT2D eigenvalue weighted by atomic mass is 9.90. The number of hydrogen-bond donors (Lipinski definition) is 2. The van der Waals surface area contributed by atoms with Gasteiger partial charge in [-0.3, -0.25) is 20.0 Å². The monoisotopic (exact) mass is 261 g/mol. The molecule has 5 nitrogen and oxygen atoms in total. The van der Waals surface area contributed by atoms with Crippen LogP contribution in [-0.4, -0.2) is 16.7 Å². The van der Waals surface area contributed by atoms with Crippen molar-refractivity contribution in [1.29, 1.82) is 0 Å². The fourth-order valence-corrected chi connectivity index (χ4v) is 1.18. The fraction of sp³-hybridized carbons (Fsp3) is 0.357. The summed E-state index contributed by atoms with van der Waals surface area (Å²) in [5.41, 5.74) is 5.87. The van der Waals surface area contributed by atoms with E-state index in [1.807, 2.05) is 20.8 Å². The molecule has 1 rings (SSSR count). The molecule has 19 heavy (non-hydrogen) atoms. The van der Waals surface area contributed by atoms with Gasteiger partial charge in [-0.1, -0.05) is 20.8 Å². The van der Waals surface area contributed by atoms with E-state index in [4.69, 9.17) is 0 Å². The highest BCUT2D eigenvalue weighted by Gasteiger charge is 2.18. The van der Waals surface area contributed by atoms with E-state index < -0.39 is 5.41 Å². The maximum Gasteiger partial charge on any atom is 0.269 e. The van der Waals surface area contributed by atoms with Crippen LogP contribution in [0.2, 0.25) is 0 Å². The number of nitrogens with one attached hydrogen (secondary N) is 2. The Hall–Kier alpha value is -2.17. The highest BCUT2D eigenvalue weighted by Crippen LogP contribution is 2.15. The first-order valence-electron chi connectivity index (χ1n) is 6.00. The van der Waals surface area contributed by atoms with Gasteiger partial charge >= 0.3 is 0 Å². The summed E-state index contributed by atoms with van der Waals surface area (Å²) >= 11 is 0. The van der Waals surface area contributed by atoms with E-state index in [1.165, 1.54) is 6.08 Å². The van der Waals surface area contributed by atoms with E-state index in [2.05, 4.69) is 15.8 Å². The Morgan fingerprint density at radius 2 is 1.74 bits per heavy atom. The smallest absolute Gasteiger partial charge is 0.269 e. The van der Waals surface area contributed by atoms with Gasteiger partial charge in [-0.25, -0.2) is 0 Å². The van der Waals surface area contributed by atoms with Gasteiger partial charge in [0.2, 0.25) is 0 Å². The van der Waals surface area contributed by atoms with Gasteiger partial charge in [0, 0.05) is 35.1 Å². The second-order valence-electron chi connectivity index (χ2n) is 5.26. The van der Waals surface area contributed by atoms with Crippen LogP contribution in [0.1, 0.15) is 38.1 Å². The van der Waals surface area contributed by atoms with Crippen LogP contribution in [0.4, 0.5) is 0 Å². The first-order valence-corrected chi connectivity index (χ1v) is 6.00. The Morgan fingerprint density at radius 1 is 1.16 bits per heavy atom. The van der Waals surface area contributed by atoms with Gasteiger partial charge in [-0.2, -0.15) is 0 Å². The molecular formula is C14H19N3O2. The van der Waals surface area contributed by atoms with Gasteiger partial charge in [-0.15, -0.1) is 0 Å². The predicted molar refractivity (Wildman–Crippen MR) is 73.1 cm³/mol. The second-order valence-corrected chi connectivity index (χ2v) is 5.26. The zero-order valence-electron chi connectivity index (χ0n) is 11.7. The number of carbonyl (C=O) groups is 2. The van der Waals surface area contributed by atoms with E-state index in [0.717, 1.165) is 0 Å². The van der Waals surface area contributed by atoms with E-state index in [9.17, 15) is 9.59 Å². The summed E-state index contributed by atoms with van der Waals surface area (Å²) in [4.78, 5) is 27.3. The molecule has 0 saturated heterocycles. The normalized spacial score (nSPS) is 11.9. The quantitative estimate of drug-likeness (QED) is 0.641. The van der Waals surface area contributed by atoms with E-state index in [-0.39, 0.29) is 11.7 Å². The maximum atomic E-state index is 11.8. The number of carbonyl (C=O) groups excluding carboxylic acids is 2.